The molecule has 18 heavy (non-hydrogen) atoms. The standard InChI is InChI=1S/C14H16F2OS/c1-18-13-5-3-2-4-11(13)12(17)8-10-6-7-14(15,16)9-10/h2-5,10H,6-9H2,1H3. The SMILES string of the molecule is CSc1ccccc1C(=O)CC1CCC(F)(F)C1. The minimum Gasteiger partial charge on any atom is -0.294 e. The Bertz CT molecular complexity index is 445. The Balaban J connectivity index is 2.04. The van der Waals surface area contributed by atoms with Crippen LogP contribution in [0.25, 0.3) is 0 Å². The van der Waals surface area contributed by atoms with Gasteiger partial charge in [0.25, 0.3) is 0 Å². The Kier molecular flexibility index (Phi) is 4.05. The quantitative estimate of drug-likeness (QED) is 0.595. The van der Waals surface area contributed by atoms with Crippen molar-refractivity contribution in [1.82, 2.24) is 0 Å². The number of ketones is 1. The predicted octanol–water partition coefficient (Wildman–Crippen LogP) is 4.42. The number of carbonyl (C=O) groups is 1. The summed E-state index contributed by atoms with van der Waals surface area (Å²) in [6.45, 7) is 0. The van der Waals surface area contributed by atoms with Crippen LogP contribution < -0.4 is 0 Å². The lowest BCUT2D eigenvalue weighted by Crippen LogP contribution is -2.12. The van der Waals surface area contributed by atoms with Gasteiger partial charge in [0.05, 0.1) is 0 Å². The molecule has 1 nitrogen and oxygen atoms in total. The second-order valence-electron chi connectivity index (χ2n) is 4.79. The van der Waals surface area contributed by atoms with Crippen molar-refractivity contribution in [2.75, 3.05) is 6.26 Å². The fourth-order valence-corrected chi connectivity index (χ4v) is 3.08. The molecule has 2 rings (SSSR count). The Morgan fingerprint density at radius 3 is 2.78 bits per heavy atom. The number of hydrogen-bond acceptors (Lipinski definition) is 2. The lowest BCUT2D eigenvalue weighted by atomic mass is 9.97. The highest BCUT2D eigenvalue weighted by Gasteiger charge is 2.40. The van der Waals surface area contributed by atoms with Crippen molar-refractivity contribution in [2.45, 2.75) is 36.5 Å². The second kappa shape index (κ2) is 5.39. The average molecular weight is 270 g/mol. The zero-order chi connectivity index (χ0) is 13.2. The molecule has 0 saturated heterocycles. The van der Waals surface area contributed by atoms with E-state index in [0.29, 0.717) is 12.0 Å². The number of benzene rings is 1. The van der Waals surface area contributed by atoms with E-state index in [1.54, 1.807) is 6.07 Å². The van der Waals surface area contributed by atoms with Crippen LogP contribution in [0.3, 0.4) is 0 Å². The topological polar surface area (TPSA) is 17.1 Å². The van der Waals surface area contributed by atoms with E-state index in [2.05, 4.69) is 0 Å². The van der Waals surface area contributed by atoms with Crippen LogP contribution in [-0.2, 0) is 0 Å². The molecule has 0 spiro atoms. The van der Waals surface area contributed by atoms with Crippen molar-refractivity contribution in [1.29, 1.82) is 0 Å². The van der Waals surface area contributed by atoms with E-state index >= 15 is 0 Å². The van der Waals surface area contributed by atoms with E-state index in [9.17, 15) is 13.6 Å². The number of halogens is 2. The van der Waals surface area contributed by atoms with Crippen molar-refractivity contribution in [3.8, 4) is 0 Å². The van der Waals surface area contributed by atoms with E-state index in [4.69, 9.17) is 0 Å². The number of thioether (sulfide) groups is 1. The highest BCUT2D eigenvalue weighted by Crippen LogP contribution is 2.41. The van der Waals surface area contributed by atoms with Gasteiger partial charge in [0.1, 0.15) is 0 Å². The molecule has 0 aromatic heterocycles. The molecule has 98 valence electrons. The molecule has 0 amide bonds. The monoisotopic (exact) mass is 270 g/mol. The third kappa shape index (κ3) is 3.10. The number of rotatable bonds is 4. The van der Waals surface area contributed by atoms with Crippen molar-refractivity contribution < 1.29 is 13.6 Å². The molecule has 1 unspecified atom stereocenters. The van der Waals surface area contributed by atoms with Gasteiger partial charge in [-0.05, 0) is 24.7 Å². The minimum atomic E-state index is -2.57. The van der Waals surface area contributed by atoms with Gasteiger partial charge < -0.3 is 0 Å². The average Bonchev–Trinajstić information content (AvgIpc) is 2.68. The van der Waals surface area contributed by atoms with Gasteiger partial charge in [-0.25, -0.2) is 8.78 Å². The van der Waals surface area contributed by atoms with Crippen LogP contribution in [0.1, 0.15) is 36.0 Å². The summed E-state index contributed by atoms with van der Waals surface area (Å²) in [5, 5.41) is 0. The molecule has 1 aliphatic rings. The van der Waals surface area contributed by atoms with E-state index in [-0.39, 0.29) is 31.0 Å². The number of Topliss-reactive ketones (excluding diaryl/α,β-unsaturated/α-hetero) is 1. The third-order valence-electron chi connectivity index (χ3n) is 3.39. The largest absolute Gasteiger partial charge is 0.294 e. The summed E-state index contributed by atoms with van der Waals surface area (Å²) in [4.78, 5) is 13.1. The number of alkyl halides is 2. The van der Waals surface area contributed by atoms with E-state index in [1.807, 2.05) is 24.5 Å². The number of hydrogen-bond donors (Lipinski definition) is 0. The summed E-state index contributed by atoms with van der Waals surface area (Å²) in [5.74, 6) is -2.74. The first-order valence-electron chi connectivity index (χ1n) is 6.06. The summed E-state index contributed by atoms with van der Waals surface area (Å²) >= 11 is 1.51. The van der Waals surface area contributed by atoms with Crippen molar-refractivity contribution in [3.05, 3.63) is 29.8 Å². The maximum absolute atomic E-state index is 13.1. The number of carbonyl (C=O) groups excluding carboxylic acids is 1. The lowest BCUT2D eigenvalue weighted by molar-refractivity contribution is 0.00497. The van der Waals surface area contributed by atoms with Crippen LogP contribution in [0.4, 0.5) is 8.78 Å². The molecule has 4 heteroatoms. The summed E-state index contributed by atoms with van der Waals surface area (Å²) in [6.07, 6.45) is 2.40. The van der Waals surface area contributed by atoms with Crippen LogP contribution in [0.15, 0.2) is 29.2 Å². The van der Waals surface area contributed by atoms with Crippen LogP contribution >= 0.6 is 11.8 Å². The Morgan fingerprint density at radius 2 is 2.17 bits per heavy atom. The van der Waals surface area contributed by atoms with E-state index in [0.717, 1.165) is 4.90 Å². The molecule has 0 radical (unpaired) electrons. The first-order valence-corrected chi connectivity index (χ1v) is 7.28. The first kappa shape index (κ1) is 13.5. The van der Waals surface area contributed by atoms with Gasteiger partial charge in [0.2, 0.25) is 5.92 Å². The molecule has 1 aliphatic carbocycles. The van der Waals surface area contributed by atoms with Gasteiger partial charge in [-0.3, -0.25) is 4.79 Å². The molecule has 1 aromatic carbocycles. The summed E-state index contributed by atoms with van der Waals surface area (Å²) in [5.41, 5.74) is 0.667. The first-order chi connectivity index (χ1) is 8.52. The van der Waals surface area contributed by atoms with Crippen molar-refractivity contribution in [3.63, 3.8) is 0 Å². The third-order valence-corrected chi connectivity index (χ3v) is 4.18. The summed E-state index contributed by atoms with van der Waals surface area (Å²) < 4.78 is 26.2. The molecule has 1 fully saturated rings. The Hall–Kier alpha value is -0.900. The molecule has 1 atom stereocenters. The normalized spacial score (nSPS) is 22.1. The molecule has 1 saturated carbocycles. The van der Waals surface area contributed by atoms with Gasteiger partial charge in [0.15, 0.2) is 5.78 Å². The van der Waals surface area contributed by atoms with Crippen LogP contribution in [-0.4, -0.2) is 18.0 Å². The van der Waals surface area contributed by atoms with Gasteiger partial charge in [0, 0.05) is 29.7 Å². The fraction of sp³-hybridized carbons (Fsp3) is 0.500. The Morgan fingerprint density at radius 1 is 1.44 bits per heavy atom. The second-order valence-corrected chi connectivity index (χ2v) is 5.64. The van der Waals surface area contributed by atoms with Crippen molar-refractivity contribution >= 4 is 17.5 Å². The van der Waals surface area contributed by atoms with Crippen LogP contribution in [0.5, 0.6) is 0 Å². The fourth-order valence-electron chi connectivity index (χ4n) is 2.46. The molecule has 0 heterocycles. The zero-order valence-corrected chi connectivity index (χ0v) is 11.1. The van der Waals surface area contributed by atoms with E-state index in [1.165, 1.54) is 11.8 Å². The smallest absolute Gasteiger partial charge is 0.248 e. The van der Waals surface area contributed by atoms with Crippen molar-refractivity contribution in [2.24, 2.45) is 5.92 Å². The lowest BCUT2D eigenvalue weighted by Gasteiger charge is -2.11. The highest BCUT2D eigenvalue weighted by molar-refractivity contribution is 7.98. The maximum atomic E-state index is 13.1. The molecule has 0 bridgehead atoms. The molecule has 0 N–H and O–H groups in total. The Labute approximate surface area is 110 Å². The van der Waals surface area contributed by atoms with Crippen LogP contribution in [0.2, 0.25) is 0 Å². The van der Waals surface area contributed by atoms with Crippen LogP contribution in [0, 0.1) is 5.92 Å². The molecule has 0 aliphatic heterocycles. The molecule has 1 aromatic rings. The van der Waals surface area contributed by atoms with Gasteiger partial charge in [-0.2, -0.15) is 0 Å². The zero-order valence-electron chi connectivity index (χ0n) is 10.3. The summed E-state index contributed by atoms with van der Waals surface area (Å²) in [6, 6.07) is 7.37. The molecular weight excluding hydrogens is 254 g/mol. The maximum Gasteiger partial charge on any atom is 0.248 e. The predicted molar refractivity (Wildman–Crippen MR) is 69.5 cm³/mol. The van der Waals surface area contributed by atoms with Gasteiger partial charge in [-0.15, -0.1) is 11.8 Å². The summed E-state index contributed by atoms with van der Waals surface area (Å²) in [7, 11) is 0. The van der Waals surface area contributed by atoms with Gasteiger partial charge in [-0.1, -0.05) is 18.2 Å². The highest BCUT2D eigenvalue weighted by atomic mass is 32.2. The van der Waals surface area contributed by atoms with E-state index < -0.39 is 5.92 Å². The minimum absolute atomic E-state index is 0.0114. The van der Waals surface area contributed by atoms with Gasteiger partial charge >= 0.3 is 0 Å². The molecular formula is C14H16F2OS.